The molecule has 2 saturated heterocycles. The zero-order chi connectivity index (χ0) is 18.9. The van der Waals surface area contributed by atoms with Crippen LogP contribution in [0.1, 0.15) is 51.5 Å². The Balaban J connectivity index is 1.84. The molecule has 0 amide bonds. The molecule has 0 aromatic heterocycles. The minimum Gasteiger partial charge on any atom is -0.466 e. The van der Waals surface area contributed by atoms with Gasteiger partial charge in [-0.25, -0.2) is 4.79 Å². The number of carbonyl (C=O) groups is 1. The van der Waals surface area contributed by atoms with Crippen molar-refractivity contribution in [1.29, 1.82) is 0 Å². The molecule has 2 fully saturated rings. The summed E-state index contributed by atoms with van der Waals surface area (Å²) in [6, 6.07) is 9.32. The summed E-state index contributed by atoms with van der Waals surface area (Å²) in [4.78, 5) is 12.9. The van der Waals surface area contributed by atoms with Crippen LogP contribution in [0.4, 0.5) is 5.69 Å². The van der Waals surface area contributed by atoms with Crippen molar-refractivity contribution in [3.63, 3.8) is 0 Å². The minimum absolute atomic E-state index is 0.0508. The van der Waals surface area contributed by atoms with Gasteiger partial charge in [0, 0.05) is 23.2 Å². The van der Waals surface area contributed by atoms with Gasteiger partial charge in [0.1, 0.15) is 6.04 Å². The van der Waals surface area contributed by atoms with Crippen LogP contribution in [0.3, 0.4) is 0 Å². The van der Waals surface area contributed by atoms with Gasteiger partial charge < -0.3 is 14.5 Å². The first-order valence-corrected chi connectivity index (χ1v) is 10.6. The molecule has 3 heterocycles. The minimum atomic E-state index is -0.136. The zero-order valence-electron chi connectivity index (χ0n) is 16.8. The van der Waals surface area contributed by atoms with Crippen LogP contribution in [0.5, 0.6) is 0 Å². The maximum absolute atomic E-state index is 12.9. The molecule has 0 bridgehead atoms. The lowest BCUT2D eigenvalue weighted by atomic mass is 9.53. The van der Waals surface area contributed by atoms with Crippen molar-refractivity contribution in [2.75, 3.05) is 32.1 Å². The average molecular weight is 368 g/mol. The highest BCUT2D eigenvalue weighted by atomic mass is 16.5. The molecule has 5 rings (SSSR count). The molecule has 0 radical (unpaired) electrons. The molecule has 1 aromatic carbocycles. The molecule has 4 aliphatic rings. The van der Waals surface area contributed by atoms with Gasteiger partial charge in [-0.15, -0.1) is 0 Å². The predicted octanol–water partition coefficient (Wildman–Crippen LogP) is 3.98. The van der Waals surface area contributed by atoms with E-state index in [4.69, 9.17) is 4.74 Å². The first-order chi connectivity index (χ1) is 13.1. The number of rotatable bonds is 3. The highest BCUT2D eigenvalue weighted by Gasteiger charge is 2.72. The summed E-state index contributed by atoms with van der Waals surface area (Å²) in [7, 11) is 1.53. The van der Waals surface area contributed by atoms with Crippen LogP contribution in [0.2, 0.25) is 0 Å². The van der Waals surface area contributed by atoms with Gasteiger partial charge in [-0.2, -0.15) is 0 Å². The highest BCUT2D eigenvalue weighted by molar-refractivity contribution is 5.93. The van der Waals surface area contributed by atoms with Crippen LogP contribution < -0.4 is 5.32 Å². The summed E-state index contributed by atoms with van der Waals surface area (Å²) < 4.78 is 6.50. The fourth-order valence-corrected chi connectivity index (χ4v) is 7.53. The van der Waals surface area contributed by atoms with Crippen LogP contribution in [-0.2, 0) is 14.9 Å². The fourth-order valence-electron chi connectivity index (χ4n) is 7.53. The molecule has 0 saturated carbocycles. The number of methoxy groups -OCH3 is 1. The number of anilines is 1. The molecule has 4 nitrogen and oxygen atoms in total. The van der Waals surface area contributed by atoms with Gasteiger partial charge in [0.2, 0.25) is 0 Å². The Kier molecular flexibility index (Phi) is 3.59. The summed E-state index contributed by atoms with van der Waals surface area (Å²) >= 11 is 0. The summed E-state index contributed by atoms with van der Waals surface area (Å²) in [5, 5.41) is 3.70. The summed E-state index contributed by atoms with van der Waals surface area (Å²) in [5.41, 5.74) is 4.83. The average Bonchev–Trinajstić information content (AvgIpc) is 3.25. The number of carbonyl (C=O) groups excluding carboxylic acids is 1. The first-order valence-electron chi connectivity index (χ1n) is 10.6. The van der Waals surface area contributed by atoms with E-state index in [0.717, 1.165) is 24.8 Å². The van der Waals surface area contributed by atoms with Gasteiger partial charge in [-0.1, -0.05) is 25.1 Å². The third kappa shape index (κ3) is 1.90. The molecule has 3 aliphatic heterocycles. The zero-order valence-corrected chi connectivity index (χ0v) is 16.8. The van der Waals surface area contributed by atoms with Gasteiger partial charge in [0.25, 0.3) is 0 Å². The normalized spacial score (nSPS) is 38.7. The lowest BCUT2D eigenvalue weighted by Crippen LogP contribution is -2.68. The molecule has 1 spiro atoms. The summed E-state index contributed by atoms with van der Waals surface area (Å²) in [6.07, 6.45) is 5.63. The Morgan fingerprint density at radius 2 is 2.07 bits per heavy atom. The third-order valence-corrected chi connectivity index (χ3v) is 8.53. The van der Waals surface area contributed by atoms with E-state index in [1.165, 1.54) is 61.0 Å². The van der Waals surface area contributed by atoms with Crippen molar-refractivity contribution in [1.82, 2.24) is 0 Å². The van der Waals surface area contributed by atoms with E-state index in [0.29, 0.717) is 6.04 Å². The maximum Gasteiger partial charge on any atom is 0.335 e. The Hall–Kier alpha value is -1.81. The van der Waals surface area contributed by atoms with Crippen LogP contribution in [0.15, 0.2) is 35.5 Å². The molecule has 1 aliphatic carbocycles. The molecule has 4 atom stereocenters. The Morgan fingerprint density at radius 3 is 2.81 bits per heavy atom. The SMILES string of the molecule is CC[C@]12CCC[N@@+]3(CC)CC[C@]4(C(=C(C(=O)OC)C1)Nc1ccccc14)[C@@H]23. The van der Waals surface area contributed by atoms with Crippen molar-refractivity contribution in [3.05, 3.63) is 41.1 Å². The van der Waals surface area contributed by atoms with Gasteiger partial charge in [0.05, 0.1) is 37.7 Å². The monoisotopic (exact) mass is 367 g/mol. The van der Waals surface area contributed by atoms with Gasteiger partial charge >= 0.3 is 5.97 Å². The van der Waals surface area contributed by atoms with E-state index in [2.05, 4.69) is 43.4 Å². The lowest BCUT2D eigenvalue weighted by Gasteiger charge is -2.59. The van der Waals surface area contributed by atoms with Crippen LogP contribution in [0.25, 0.3) is 0 Å². The van der Waals surface area contributed by atoms with E-state index in [-0.39, 0.29) is 16.8 Å². The van der Waals surface area contributed by atoms with E-state index in [9.17, 15) is 4.79 Å². The number of para-hydroxylation sites is 1. The number of hydrogen-bond donors (Lipinski definition) is 1. The number of hydrogen-bond acceptors (Lipinski definition) is 3. The van der Waals surface area contributed by atoms with Gasteiger partial charge in [-0.05, 0) is 44.2 Å². The highest BCUT2D eigenvalue weighted by Crippen LogP contribution is 2.67. The van der Waals surface area contributed by atoms with Crippen molar-refractivity contribution in [2.45, 2.75) is 57.4 Å². The van der Waals surface area contributed by atoms with E-state index in [1.54, 1.807) is 0 Å². The molecular weight excluding hydrogens is 336 g/mol. The number of nitrogens with one attached hydrogen (secondary N) is 1. The second-order valence-electron chi connectivity index (χ2n) is 9.12. The number of quaternary nitrogens is 1. The molecular formula is C23H31N2O2+. The fraction of sp³-hybridized carbons (Fsp3) is 0.609. The van der Waals surface area contributed by atoms with Crippen LogP contribution in [0, 0.1) is 5.41 Å². The number of ether oxygens (including phenoxy) is 1. The number of benzene rings is 1. The van der Waals surface area contributed by atoms with Crippen molar-refractivity contribution < 1.29 is 14.0 Å². The predicted molar refractivity (Wildman–Crippen MR) is 106 cm³/mol. The van der Waals surface area contributed by atoms with Crippen LogP contribution >= 0.6 is 0 Å². The number of likely N-dealkylation sites (N-methyl/N-ethyl adjacent to an activating group) is 1. The van der Waals surface area contributed by atoms with E-state index < -0.39 is 0 Å². The number of piperidine rings is 1. The van der Waals surface area contributed by atoms with Crippen molar-refractivity contribution in [3.8, 4) is 0 Å². The largest absolute Gasteiger partial charge is 0.466 e. The Bertz CT molecular complexity index is 847. The number of esters is 1. The molecule has 1 N–H and O–H groups in total. The summed E-state index contributed by atoms with van der Waals surface area (Å²) in [6.45, 7) is 8.41. The van der Waals surface area contributed by atoms with Crippen molar-refractivity contribution in [2.24, 2.45) is 5.41 Å². The number of fused-ring (bicyclic) bond motifs is 1. The molecule has 4 heteroatoms. The van der Waals surface area contributed by atoms with Crippen LogP contribution in [-0.4, -0.2) is 43.2 Å². The van der Waals surface area contributed by atoms with E-state index >= 15 is 0 Å². The molecule has 27 heavy (non-hydrogen) atoms. The molecule has 0 unspecified atom stereocenters. The smallest absolute Gasteiger partial charge is 0.335 e. The van der Waals surface area contributed by atoms with Gasteiger partial charge in [-0.3, -0.25) is 0 Å². The molecule has 144 valence electrons. The third-order valence-electron chi connectivity index (χ3n) is 8.53. The quantitative estimate of drug-likeness (QED) is 0.649. The lowest BCUT2D eigenvalue weighted by molar-refractivity contribution is -0.952. The number of nitrogens with zero attached hydrogens (tertiary/aromatic N) is 1. The maximum atomic E-state index is 12.9. The summed E-state index contributed by atoms with van der Waals surface area (Å²) in [5.74, 6) is -0.136. The standard InChI is InChI=1S/C23H30N2O2/c1-4-22-11-8-13-25(5-2)14-12-23(21(22)25)17-9-6-7-10-18(17)24-19(23)16(15-22)20(26)27-3/h6-7,9-10,21H,4-5,8,11-15H2,1-3H3/p+1/t21-,22+,23+,25+/m1/s1. The van der Waals surface area contributed by atoms with E-state index in [1.807, 2.05) is 0 Å². The van der Waals surface area contributed by atoms with Crippen molar-refractivity contribution >= 4 is 11.7 Å². The second kappa shape index (κ2) is 5.60. The van der Waals surface area contributed by atoms with Gasteiger partial charge in [0.15, 0.2) is 0 Å². The topological polar surface area (TPSA) is 38.3 Å². The Morgan fingerprint density at radius 1 is 1.26 bits per heavy atom. The molecule has 1 aromatic rings. The Labute approximate surface area is 162 Å². The second-order valence-corrected chi connectivity index (χ2v) is 9.12. The first kappa shape index (κ1) is 17.3.